The van der Waals surface area contributed by atoms with E-state index in [0.717, 1.165) is 27.9 Å². The Labute approximate surface area is 146 Å². The number of amides is 1. The van der Waals surface area contributed by atoms with Gasteiger partial charge in [0, 0.05) is 29.6 Å². The largest absolute Gasteiger partial charge is 0.399 e. The van der Waals surface area contributed by atoms with E-state index in [2.05, 4.69) is 16.4 Å². The van der Waals surface area contributed by atoms with Crippen LogP contribution in [0.3, 0.4) is 0 Å². The summed E-state index contributed by atoms with van der Waals surface area (Å²) >= 11 is 0. The number of carbonyl (C=O) groups excluding carboxylic acids is 1. The van der Waals surface area contributed by atoms with E-state index in [4.69, 9.17) is 5.73 Å². The molecule has 0 atom stereocenters. The van der Waals surface area contributed by atoms with Crippen LogP contribution >= 0.6 is 0 Å². The average molecular weight is 327 g/mol. The van der Waals surface area contributed by atoms with Crippen LogP contribution in [0.2, 0.25) is 0 Å². The van der Waals surface area contributed by atoms with Gasteiger partial charge in [-0.2, -0.15) is 0 Å². The van der Waals surface area contributed by atoms with Gasteiger partial charge in [0.2, 0.25) is 0 Å². The standard InChI is InChI=1S/C21H17N3O/c22-18-8-6-15-7-9-20-17(13-24-21(25)19(15)11-18)10-16(12-23-20)14-4-2-1-3-5-14/h1-12H,13,22H2,(H,24,25)/b9-7-. The zero-order chi connectivity index (χ0) is 17.2. The second-order valence-corrected chi connectivity index (χ2v) is 6.00. The number of carbonyl (C=O) groups is 1. The lowest BCUT2D eigenvalue weighted by atomic mass is 10.0. The molecule has 0 saturated carbocycles. The van der Waals surface area contributed by atoms with E-state index in [1.807, 2.05) is 54.7 Å². The number of rotatable bonds is 1. The quantitative estimate of drug-likeness (QED) is 0.669. The summed E-state index contributed by atoms with van der Waals surface area (Å²) in [6.07, 6.45) is 5.72. The Kier molecular flexibility index (Phi) is 3.78. The average Bonchev–Trinajstić information content (AvgIpc) is 2.71. The molecule has 0 fully saturated rings. The molecule has 4 rings (SSSR count). The number of fused-ring (bicyclic) bond motifs is 2. The second-order valence-electron chi connectivity index (χ2n) is 6.00. The molecule has 0 radical (unpaired) electrons. The fourth-order valence-corrected chi connectivity index (χ4v) is 2.96. The van der Waals surface area contributed by atoms with Crippen LogP contribution in [0.4, 0.5) is 5.69 Å². The number of nitrogen functional groups attached to an aromatic ring is 1. The molecule has 1 amide bonds. The molecule has 4 heteroatoms. The van der Waals surface area contributed by atoms with Gasteiger partial charge in [0.05, 0.1) is 5.69 Å². The van der Waals surface area contributed by atoms with Crippen LogP contribution in [0.5, 0.6) is 0 Å². The van der Waals surface area contributed by atoms with Crippen LogP contribution in [-0.2, 0) is 6.54 Å². The number of benzene rings is 2. The number of anilines is 1. The normalized spacial score (nSPS) is 14.3. The molecule has 1 aliphatic rings. The van der Waals surface area contributed by atoms with Crippen LogP contribution in [0.15, 0.2) is 60.8 Å². The van der Waals surface area contributed by atoms with Gasteiger partial charge in [0.1, 0.15) is 0 Å². The Morgan fingerprint density at radius 1 is 0.960 bits per heavy atom. The van der Waals surface area contributed by atoms with Gasteiger partial charge in [0.25, 0.3) is 5.91 Å². The van der Waals surface area contributed by atoms with Crippen LogP contribution in [0.25, 0.3) is 23.3 Å². The molecule has 3 N–H and O–H groups in total. The number of hydrogen-bond donors (Lipinski definition) is 2. The van der Waals surface area contributed by atoms with Crippen molar-refractivity contribution < 1.29 is 4.79 Å². The van der Waals surface area contributed by atoms with Crippen molar-refractivity contribution >= 4 is 23.7 Å². The van der Waals surface area contributed by atoms with Gasteiger partial charge in [-0.1, -0.05) is 42.5 Å². The van der Waals surface area contributed by atoms with Crippen LogP contribution in [0, 0.1) is 0 Å². The van der Waals surface area contributed by atoms with E-state index in [9.17, 15) is 4.79 Å². The molecule has 25 heavy (non-hydrogen) atoms. The van der Waals surface area contributed by atoms with Crippen molar-refractivity contribution in [1.82, 2.24) is 10.3 Å². The fourth-order valence-electron chi connectivity index (χ4n) is 2.96. The SMILES string of the molecule is Nc1ccc2c(c1)C(=O)NCc1cc(-c3ccccc3)cnc1/C=C\2. The van der Waals surface area contributed by atoms with Crippen molar-refractivity contribution in [2.75, 3.05) is 5.73 Å². The van der Waals surface area contributed by atoms with Crippen molar-refractivity contribution in [2.24, 2.45) is 0 Å². The highest BCUT2D eigenvalue weighted by Crippen LogP contribution is 2.24. The van der Waals surface area contributed by atoms with Gasteiger partial charge in [0.15, 0.2) is 0 Å². The molecule has 122 valence electrons. The highest BCUT2D eigenvalue weighted by atomic mass is 16.1. The summed E-state index contributed by atoms with van der Waals surface area (Å²) in [7, 11) is 0. The Hall–Kier alpha value is -3.40. The Bertz CT molecular complexity index is 978. The van der Waals surface area contributed by atoms with Gasteiger partial charge < -0.3 is 11.1 Å². The molecule has 1 aromatic heterocycles. The minimum atomic E-state index is -0.134. The summed E-state index contributed by atoms with van der Waals surface area (Å²) in [5.41, 5.74) is 11.8. The molecular formula is C21H17N3O. The number of hydrogen-bond acceptors (Lipinski definition) is 3. The topological polar surface area (TPSA) is 68.0 Å². The third-order valence-electron chi connectivity index (χ3n) is 4.29. The number of pyridine rings is 1. The lowest BCUT2D eigenvalue weighted by Gasteiger charge is -2.10. The summed E-state index contributed by atoms with van der Waals surface area (Å²) in [5, 5.41) is 2.97. The first-order valence-electron chi connectivity index (χ1n) is 8.11. The third-order valence-corrected chi connectivity index (χ3v) is 4.29. The fraction of sp³-hybridized carbons (Fsp3) is 0.0476. The molecule has 3 aromatic rings. The van der Waals surface area contributed by atoms with Gasteiger partial charge in [-0.05, 0) is 41.0 Å². The Morgan fingerprint density at radius 3 is 2.64 bits per heavy atom. The Balaban J connectivity index is 1.77. The number of nitrogens with two attached hydrogens (primary N) is 1. The number of nitrogens with one attached hydrogen (secondary N) is 1. The van der Waals surface area contributed by atoms with Gasteiger partial charge in [-0.15, -0.1) is 0 Å². The Morgan fingerprint density at radius 2 is 1.80 bits per heavy atom. The molecule has 0 aliphatic carbocycles. The van der Waals surface area contributed by atoms with Crippen molar-refractivity contribution in [3.8, 4) is 11.1 Å². The number of nitrogens with zero attached hydrogens (tertiary/aromatic N) is 1. The van der Waals surface area contributed by atoms with Gasteiger partial charge >= 0.3 is 0 Å². The number of aromatic nitrogens is 1. The van der Waals surface area contributed by atoms with Gasteiger partial charge in [-0.3, -0.25) is 9.78 Å². The first kappa shape index (κ1) is 15.1. The smallest absolute Gasteiger partial charge is 0.252 e. The van der Waals surface area contributed by atoms with Crippen LogP contribution in [0.1, 0.15) is 27.2 Å². The predicted molar refractivity (Wildman–Crippen MR) is 101 cm³/mol. The lowest BCUT2D eigenvalue weighted by Crippen LogP contribution is -2.23. The summed E-state index contributed by atoms with van der Waals surface area (Å²) in [5.74, 6) is -0.134. The molecule has 1 aliphatic heterocycles. The summed E-state index contributed by atoms with van der Waals surface area (Å²) in [6, 6.07) is 17.5. The lowest BCUT2D eigenvalue weighted by molar-refractivity contribution is 0.0951. The minimum absolute atomic E-state index is 0.134. The monoisotopic (exact) mass is 327 g/mol. The first-order chi connectivity index (χ1) is 12.2. The molecule has 0 unspecified atom stereocenters. The molecule has 4 nitrogen and oxygen atoms in total. The maximum atomic E-state index is 12.5. The summed E-state index contributed by atoms with van der Waals surface area (Å²) in [6.45, 7) is 0.417. The summed E-state index contributed by atoms with van der Waals surface area (Å²) in [4.78, 5) is 17.1. The highest BCUT2D eigenvalue weighted by molar-refractivity contribution is 6.00. The molecule has 2 aromatic carbocycles. The molecular weight excluding hydrogens is 310 g/mol. The van der Waals surface area contributed by atoms with Crippen molar-refractivity contribution in [3.63, 3.8) is 0 Å². The van der Waals surface area contributed by atoms with E-state index in [0.29, 0.717) is 17.8 Å². The second kappa shape index (κ2) is 6.24. The van der Waals surface area contributed by atoms with Crippen molar-refractivity contribution in [2.45, 2.75) is 6.54 Å². The molecule has 0 saturated heterocycles. The van der Waals surface area contributed by atoms with E-state index < -0.39 is 0 Å². The predicted octanol–water partition coefficient (Wildman–Crippen LogP) is 3.74. The van der Waals surface area contributed by atoms with Gasteiger partial charge in [-0.25, -0.2) is 0 Å². The van der Waals surface area contributed by atoms with E-state index >= 15 is 0 Å². The molecule has 0 spiro atoms. The molecule has 0 bridgehead atoms. The van der Waals surface area contributed by atoms with Crippen LogP contribution < -0.4 is 11.1 Å². The molecule has 2 heterocycles. The van der Waals surface area contributed by atoms with Crippen molar-refractivity contribution in [1.29, 1.82) is 0 Å². The van der Waals surface area contributed by atoms with Crippen LogP contribution in [-0.4, -0.2) is 10.9 Å². The summed E-state index contributed by atoms with van der Waals surface area (Å²) < 4.78 is 0. The maximum Gasteiger partial charge on any atom is 0.252 e. The highest BCUT2D eigenvalue weighted by Gasteiger charge is 2.14. The van der Waals surface area contributed by atoms with E-state index in [1.165, 1.54) is 0 Å². The maximum absolute atomic E-state index is 12.5. The minimum Gasteiger partial charge on any atom is -0.399 e. The zero-order valence-electron chi connectivity index (χ0n) is 13.6. The van der Waals surface area contributed by atoms with Crippen molar-refractivity contribution in [3.05, 3.63) is 83.2 Å². The zero-order valence-corrected chi connectivity index (χ0v) is 13.6. The first-order valence-corrected chi connectivity index (χ1v) is 8.11. The van der Waals surface area contributed by atoms with E-state index in [1.54, 1.807) is 12.1 Å². The third kappa shape index (κ3) is 3.02. The van der Waals surface area contributed by atoms with E-state index in [-0.39, 0.29) is 5.91 Å².